The van der Waals surface area contributed by atoms with Crippen molar-refractivity contribution in [2.45, 2.75) is 6.54 Å². The second-order valence-electron chi connectivity index (χ2n) is 3.70. The third-order valence-corrected chi connectivity index (χ3v) is 2.43. The Hall–Kier alpha value is -2.90. The van der Waals surface area contributed by atoms with Crippen LogP contribution < -0.4 is 5.73 Å². The minimum Gasteiger partial charge on any atom is -0.476 e. The SMILES string of the molecule is Nc1c(C(=O)O)nn(Cc2ccccn2)c1C(=O)O. The highest BCUT2D eigenvalue weighted by atomic mass is 16.4. The molecule has 0 spiro atoms. The van der Waals surface area contributed by atoms with E-state index in [0.717, 1.165) is 4.68 Å². The van der Waals surface area contributed by atoms with E-state index in [0.29, 0.717) is 5.69 Å². The van der Waals surface area contributed by atoms with Crippen molar-refractivity contribution in [3.8, 4) is 0 Å². The predicted molar refractivity (Wildman–Crippen MR) is 63.9 cm³/mol. The number of nitrogen functional groups attached to an aromatic ring is 1. The van der Waals surface area contributed by atoms with E-state index < -0.39 is 17.6 Å². The van der Waals surface area contributed by atoms with Crippen molar-refractivity contribution in [3.05, 3.63) is 41.5 Å². The number of hydrogen-bond acceptors (Lipinski definition) is 5. The monoisotopic (exact) mass is 262 g/mol. The lowest BCUT2D eigenvalue weighted by Gasteiger charge is -2.03. The number of nitrogens with two attached hydrogens (primary N) is 1. The molecular formula is C11H10N4O4. The molecule has 0 aromatic carbocycles. The van der Waals surface area contributed by atoms with Crippen molar-refractivity contribution in [2.75, 3.05) is 5.73 Å². The number of rotatable bonds is 4. The van der Waals surface area contributed by atoms with Gasteiger partial charge in [-0.05, 0) is 12.1 Å². The third-order valence-electron chi connectivity index (χ3n) is 2.43. The zero-order chi connectivity index (χ0) is 14.0. The smallest absolute Gasteiger partial charge is 0.358 e. The van der Waals surface area contributed by atoms with Crippen LogP contribution in [0.1, 0.15) is 26.7 Å². The first-order chi connectivity index (χ1) is 9.00. The van der Waals surface area contributed by atoms with Crippen LogP contribution in [0.2, 0.25) is 0 Å². The molecule has 0 saturated heterocycles. The van der Waals surface area contributed by atoms with Gasteiger partial charge in [0.15, 0.2) is 11.4 Å². The van der Waals surface area contributed by atoms with Gasteiger partial charge in [-0.2, -0.15) is 5.10 Å². The summed E-state index contributed by atoms with van der Waals surface area (Å²) in [4.78, 5) is 26.0. The fourth-order valence-electron chi connectivity index (χ4n) is 1.62. The average molecular weight is 262 g/mol. The number of pyridine rings is 1. The van der Waals surface area contributed by atoms with Crippen molar-refractivity contribution in [1.82, 2.24) is 14.8 Å². The second-order valence-corrected chi connectivity index (χ2v) is 3.70. The number of carboxylic acid groups (broad SMARTS) is 2. The first-order valence-corrected chi connectivity index (χ1v) is 5.23. The van der Waals surface area contributed by atoms with Crippen LogP contribution in [0.25, 0.3) is 0 Å². The van der Waals surface area contributed by atoms with Gasteiger partial charge in [-0.25, -0.2) is 14.3 Å². The van der Waals surface area contributed by atoms with Gasteiger partial charge in [0.1, 0.15) is 5.69 Å². The van der Waals surface area contributed by atoms with Crippen molar-refractivity contribution >= 4 is 17.6 Å². The van der Waals surface area contributed by atoms with Crippen LogP contribution in [-0.2, 0) is 6.54 Å². The van der Waals surface area contributed by atoms with Crippen LogP contribution >= 0.6 is 0 Å². The summed E-state index contributed by atoms with van der Waals surface area (Å²) < 4.78 is 1.02. The molecular weight excluding hydrogens is 252 g/mol. The number of aromatic nitrogens is 3. The normalized spacial score (nSPS) is 10.3. The highest BCUT2D eigenvalue weighted by Gasteiger charge is 2.25. The molecule has 0 aliphatic rings. The van der Waals surface area contributed by atoms with Gasteiger partial charge in [-0.1, -0.05) is 6.07 Å². The summed E-state index contributed by atoms with van der Waals surface area (Å²) in [5, 5.41) is 21.6. The lowest BCUT2D eigenvalue weighted by molar-refractivity contribution is 0.0676. The third kappa shape index (κ3) is 2.37. The summed E-state index contributed by atoms with van der Waals surface area (Å²) in [6, 6.07) is 5.11. The number of carboxylic acids is 2. The first kappa shape index (κ1) is 12.6. The topological polar surface area (TPSA) is 131 Å². The highest BCUT2D eigenvalue weighted by Crippen LogP contribution is 2.18. The molecule has 2 rings (SSSR count). The molecule has 0 aliphatic carbocycles. The second kappa shape index (κ2) is 4.77. The van der Waals surface area contributed by atoms with E-state index in [1.807, 2.05) is 0 Å². The maximum absolute atomic E-state index is 11.1. The Balaban J connectivity index is 2.48. The van der Waals surface area contributed by atoms with Crippen LogP contribution in [0.4, 0.5) is 5.69 Å². The van der Waals surface area contributed by atoms with Crippen LogP contribution in [-0.4, -0.2) is 36.9 Å². The molecule has 2 aromatic rings. The van der Waals surface area contributed by atoms with E-state index in [2.05, 4.69) is 10.1 Å². The van der Waals surface area contributed by atoms with Gasteiger partial charge in [-0.3, -0.25) is 4.98 Å². The summed E-state index contributed by atoms with van der Waals surface area (Å²) in [7, 11) is 0. The van der Waals surface area contributed by atoms with Gasteiger partial charge in [0, 0.05) is 6.20 Å². The molecule has 4 N–H and O–H groups in total. The molecule has 0 atom stereocenters. The van der Waals surface area contributed by atoms with Crippen LogP contribution in [0.15, 0.2) is 24.4 Å². The minimum atomic E-state index is -1.38. The van der Waals surface area contributed by atoms with Crippen molar-refractivity contribution < 1.29 is 19.8 Å². The molecule has 98 valence electrons. The van der Waals surface area contributed by atoms with E-state index in [-0.39, 0.29) is 17.9 Å². The minimum absolute atomic E-state index is 0.0277. The number of nitrogens with zero attached hydrogens (tertiary/aromatic N) is 3. The zero-order valence-electron chi connectivity index (χ0n) is 9.65. The van der Waals surface area contributed by atoms with Gasteiger partial charge in [0.2, 0.25) is 0 Å². The lowest BCUT2D eigenvalue weighted by Crippen LogP contribution is -2.13. The van der Waals surface area contributed by atoms with Crippen LogP contribution in [0.5, 0.6) is 0 Å². The quantitative estimate of drug-likeness (QED) is 0.722. The van der Waals surface area contributed by atoms with Gasteiger partial charge in [0.25, 0.3) is 0 Å². The molecule has 0 aliphatic heterocycles. The molecule has 19 heavy (non-hydrogen) atoms. The van der Waals surface area contributed by atoms with Crippen molar-refractivity contribution in [1.29, 1.82) is 0 Å². The Morgan fingerprint density at radius 1 is 1.26 bits per heavy atom. The molecule has 0 bridgehead atoms. The maximum atomic E-state index is 11.1. The first-order valence-electron chi connectivity index (χ1n) is 5.23. The van der Waals surface area contributed by atoms with E-state index in [1.165, 1.54) is 0 Å². The summed E-state index contributed by atoms with van der Waals surface area (Å²) in [5.74, 6) is -2.71. The molecule has 0 radical (unpaired) electrons. The number of hydrogen-bond donors (Lipinski definition) is 3. The molecule has 8 heteroatoms. The van der Waals surface area contributed by atoms with E-state index in [1.54, 1.807) is 24.4 Å². The van der Waals surface area contributed by atoms with Gasteiger partial charge in [0.05, 0.1) is 12.2 Å². The summed E-state index contributed by atoms with van der Waals surface area (Å²) in [6.07, 6.45) is 1.54. The molecule has 8 nitrogen and oxygen atoms in total. The van der Waals surface area contributed by atoms with Crippen molar-refractivity contribution in [2.24, 2.45) is 0 Å². The summed E-state index contributed by atoms with van der Waals surface area (Å²) in [6.45, 7) is 0.0277. The number of aromatic carboxylic acids is 2. The number of carbonyl (C=O) groups is 2. The fraction of sp³-hybridized carbons (Fsp3) is 0.0909. The zero-order valence-corrected chi connectivity index (χ0v) is 9.65. The Bertz CT molecular complexity index is 636. The van der Waals surface area contributed by atoms with Crippen LogP contribution in [0.3, 0.4) is 0 Å². The van der Waals surface area contributed by atoms with Gasteiger partial charge in [-0.15, -0.1) is 0 Å². The van der Waals surface area contributed by atoms with Gasteiger partial charge >= 0.3 is 11.9 Å². The largest absolute Gasteiger partial charge is 0.476 e. The van der Waals surface area contributed by atoms with E-state index >= 15 is 0 Å². The fourth-order valence-corrected chi connectivity index (χ4v) is 1.62. The molecule has 2 heterocycles. The van der Waals surface area contributed by atoms with Crippen LogP contribution in [0, 0.1) is 0 Å². The summed E-state index contributed by atoms with van der Waals surface area (Å²) >= 11 is 0. The Morgan fingerprint density at radius 2 is 2.00 bits per heavy atom. The van der Waals surface area contributed by atoms with Gasteiger partial charge < -0.3 is 15.9 Å². The molecule has 0 amide bonds. The molecule has 0 unspecified atom stereocenters. The standard InChI is InChI=1S/C11H10N4O4/c12-7-8(10(16)17)14-15(9(7)11(18)19)5-6-3-1-2-4-13-6/h1-4H,5,12H2,(H,16,17)(H,18,19). The Labute approximate surface area is 107 Å². The lowest BCUT2D eigenvalue weighted by atomic mass is 10.3. The molecule has 0 fully saturated rings. The summed E-state index contributed by atoms with van der Waals surface area (Å²) in [5.41, 5.74) is 4.84. The highest BCUT2D eigenvalue weighted by molar-refractivity contribution is 6.00. The Morgan fingerprint density at radius 3 is 2.53 bits per heavy atom. The van der Waals surface area contributed by atoms with E-state index in [9.17, 15) is 9.59 Å². The average Bonchev–Trinajstić information content (AvgIpc) is 2.67. The molecule has 2 aromatic heterocycles. The number of anilines is 1. The Kier molecular flexibility index (Phi) is 3.15. The predicted octanol–water partition coefficient (Wildman–Crippen LogP) is 0.305. The maximum Gasteiger partial charge on any atom is 0.358 e. The van der Waals surface area contributed by atoms with E-state index in [4.69, 9.17) is 15.9 Å². The molecule has 0 saturated carbocycles. The van der Waals surface area contributed by atoms with Crippen molar-refractivity contribution in [3.63, 3.8) is 0 Å².